The van der Waals surface area contributed by atoms with E-state index < -0.39 is 0 Å². The second kappa shape index (κ2) is 7.59. The molecular weight excluding hydrogens is 332 g/mol. The molecule has 138 valence electrons. The summed E-state index contributed by atoms with van der Waals surface area (Å²) in [5.74, 6) is 2.71. The number of carbonyl (C=O) groups excluding carboxylic acids is 1. The highest BCUT2D eigenvalue weighted by molar-refractivity contribution is 6.01. The number of benzene rings is 1. The molecule has 3 rings (SSSR count). The number of hydrogen-bond acceptors (Lipinski definition) is 6. The van der Waals surface area contributed by atoms with E-state index >= 15 is 0 Å². The Bertz CT molecular complexity index is 787. The molecule has 0 saturated carbocycles. The van der Waals surface area contributed by atoms with Gasteiger partial charge in [-0.3, -0.25) is 4.79 Å². The van der Waals surface area contributed by atoms with Crippen LogP contribution in [0.3, 0.4) is 0 Å². The number of amides is 1. The number of nitrogens with zero attached hydrogens (tertiary/aromatic N) is 3. The lowest BCUT2D eigenvalue weighted by Crippen LogP contribution is -2.33. The molecule has 0 bridgehead atoms. The van der Waals surface area contributed by atoms with Crippen LogP contribution in [0.1, 0.15) is 24.9 Å². The molecule has 1 aliphatic rings. The lowest BCUT2D eigenvalue weighted by molar-refractivity contribution is -0.117. The summed E-state index contributed by atoms with van der Waals surface area (Å²) >= 11 is 0. The van der Waals surface area contributed by atoms with E-state index in [1.807, 2.05) is 32.0 Å². The highest BCUT2D eigenvalue weighted by Gasteiger charge is 2.33. The van der Waals surface area contributed by atoms with Gasteiger partial charge in [-0.15, -0.1) is 0 Å². The molecule has 1 amide bonds. The molecule has 1 saturated heterocycles. The van der Waals surface area contributed by atoms with Crippen LogP contribution in [-0.4, -0.2) is 42.7 Å². The van der Waals surface area contributed by atoms with Gasteiger partial charge in [0, 0.05) is 36.5 Å². The van der Waals surface area contributed by atoms with Gasteiger partial charge in [0.2, 0.25) is 5.91 Å². The van der Waals surface area contributed by atoms with Crippen molar-refractivity contribution in [2.45, 2.75) is 32.7 Å². The number of aromatic nitrogens is 2. The van der Waals surface area contributed by atoms with E-state index in [2.05, 4.69) is 15.3 Å². The molecule has 26 heavy (non-hydrogen) atoms. The topological polar surface area (TPSA) is 76.6 Å². The van der Waals surface area contributed by atoms with Crippen LogP contribution < -0.4 is 19.7 Å². The van der Waals surface area contributed by atoms with Gasteiger partial charge in [-0.1, -0.05) is 6.92 Å². The first-order valence-electron chi connectivity index (χ1n) is 8.69. The Labute approximate surface area is 153 Å². The van der Waals surface area contributed by atoms with E-state index in [0.717, 1.165) is 17.8 Å². The average Bonchev–Trinajstić information content (AvgIpc) is 3.01. The lowest BCUT2D eigenvalue weighted by Gasteiger charge is -2.19. The van der Waals surface area contributed by atoms with E-state index in [9.17, 15) is 4.79 Å². The predicted molar refractivity (Wildman–Crippen MR) is 100 cm³/mol. The van der Waals surface area contributed by atoms with Crippen molar-refractivity contribution in [3.63, 3.8) is 0 Å². The van der Waals surface area contributed by atoms with Gasteiger partial charge in [0.15, 0.2) is 0 Å². The Hall–Kier alpha value is -2.83. The standard InChI is InChI=1S/C19H24N4O3/c1-5-13-8-18(21-12(2)20-13)22-17-6-7-23(19(17)24)14-9-15(25-3)11-16(10-14)26-4/h8-11,17H,5-7H2,1-4H3,(H,20,21,22). The Morgan fingerprint density at radius 1 is 1.15 bits per heavy atom. The fourth-order valence-electron chi connectivity index (χ4n) is 3.08. The number of hydrogen-bond donors (Lipinski definition) is 1. The third-order valence-electron chi connectivity index (χ3n) is 4.43. The zero-order valence-corrected chi connectivity index (χ0v) is 15.6. The molecule has 0 radical (unpaired) electrons. The van der Waals surface area contributed by atoms with Crippen LogP contribution in [0.25, 0.3) is 0 Å². The minimum atomic E-state index is -0.314. The van der Waals surface area contributed by atoms with Crippen molar-refractivity contribution in [2.75, 3.05) is 31.0 Å². The normalized spacial score (nSPS) is 16.7. The van der Waals surface area contributed by atoms with Gasteiger partial charge in [0.1, 0.15) is 29.2 Å². The summed E-state index contributed by atoms with van der Waals surface area (Å²) in [4.78, 5) is 23.4. The second-order valence-corrected chi connectivity index (χ2v) is 6.19. The molecule has 1 atom stereocenters. The lowest BCUT2D eigenvalue weighted by atomic mass is 10.2. The third kappa shape index (κ3) is 3.71. The van der Waals surface area contributed by atoms with Crippen molar-refractivity contribution >= 4 is 17.4 Å². The maximum Gasteiger partial charge on any atom is 0.249 e. The van der Waals surface area contributed by atoms with Crippen molar-refractivity contribution in [3.8, 4) is 11.5 Å². The zero-order valence-electron chi connectivity index (χ0n) is 15.6. The van der Waals surface area contributed by atoms with Crippen LogP contribution >= 0.6 is 0 Å². The molecule has 1 fully saturated rings. The molecule has 1 aliphatic heterocycles. The maximum atomic E-state index is 12.9. The number of aryl methyl sites for hydroxylation is 2. The minimum Gasteiger partial charge on any atom is -0.497 e. The predicted octanol–water partition coefficient (Wildman–Crippen LogP) is 2.58. The van der Waals surface area contributed by atoms with Crippen LogP contribution in [0.2, 0.25) is 0 Å². The minimum absolute atomic E-state index is 0.00891. The molecule has 2 heterocycles. The van der Waals surface area contributed by atoms with E-state index in [-0.39, 0.29) is 11.9 Å². The quantitative estimate of drug-likeness (QED) is 0.857. The van der Waals surface area contributed by atoms with Crippen LogP contribution in [-0.2, 0) is 11.2 Å². The van der Waals surface area contributed by atoms with Crippen LogP contribution in [0.4, 0.5) is 11.5 Å². The molecule has 1 aromatic heterocycles. The summed E-state index contributed by atoms with van der Waals surface area (Å²) in [6.07, 6.45) is 1.52. The fraction of sp³-hybridized carbons (Fsp3) is 0.421. The van der Waals surface area contributed by atoms with Crippen molar-refractivity contribution in [2.24, 2.45) is 0 Å². The summed E-state index contributed by atoms with van der Waals surface area (Å²) in [5, 5.41) is 3.26. The van der Waals surface area contributed by atoms with Gasteiger partial charge in [0.05, 0.1) is 19.9 Å². The molecule has 1 aromatic carbocycles. The summed E-state index contributed by atoms with van der Waals surface area (Å²) in [6.45, 7) is 4.53. The van der Waals surface area contributed by atoms with Gasteiger partial charge in [-0.2, -0.15) is 0 Å². The third-order valence-corrected chi connectivity index (χ3v) is 4.43. The van der Waals surface area contributed by atoms with Gasteiger partial charge in [-0.05, 0) is 19.8 Å². The number of ether oxygens (including phenoxy) is 2. The van der Waals surface area contributed by atoms with Gasteiger partial charge < -0.3 is 19.7 Å². The molecule has 2 aromatic rings. The number of nitrogens with one attached hydrogen (secondary N) is 1. The molecule has 7 heteroatoms. The Kier molecular flexibility index (Phi) is 5.25. The van der Waals surface area contributed by atoms with Gasteiger partial charge in [-0.25, -0.2) is 9.97 Å². The molecule has 7 nitrogen and oxygen atoms in total. The summed E-state index contributed by atoms with van der Waals surface area (Å²) in [6, 6.07) is 7.05. The first kappa shape index (κ1) is 18.0. The number of carbonyl (C=O) groups is 1. The Morgan fingerprint density at radius 2 is 1.85 bits per heavy atom. The van der Waals surface area contributed by atoms with E-state index in [1.54, 1.807) is 25.2 Å². The molecule has 0 aliphatic carbocycles. The zero-order chi connectivity index (χ0) is 18.7. The van der Waals surface area contributed by atoms with Crippen molar-refractivity contribution in [1.82, 2.24) is 9.97 Å². The molecule has 0 spiro atoms. The highest BCUT2D eigenvalue weighted by atomic mass is 16.5. The van der Waals surface area contributed by atoms with Crippen LogP contribution in [0, 0.1) is 6.92 Å². The largest absolute Gasteiger partial charge is 0.497 e. The SMILES string of the molecule is CCc1cc(NC2CCN(c3cc(OC)cc(OC)c3)C2=O)nc(C)n1. The highest BCUT2D eigenvalue weighted by Crippen LogP contribution is 2.31. The number of anilines is 2. The van der Waals surface area contributed by atoms with Crippen molar-refractivity contribution < 1.29 is 14.3 Å². The van der Waals surface area contributed by atoms with Gasteiger partial charge >= 0.3 is 0 Å². The van der Waals surface area contributed by atoms with Crippen LogP contribution in [0.15, 0.2) is 24.3 Å². The van der Waals surface area contributed by atoms with Crippen LogP contribution in [0.5, 0.6) is 11.5 Å². The molecular formula is C19H24N4O3. The molecule has 1 unspecified atom stereocenters. The Morgan fingerprint density at radius 3 is 2.46 bits per heavy atom. The van der Waals surface area contributed by atoms with Crippen molar-refractivity contribution in [1.29, 1.82) is 0 Å². The van der Waals surface area contributed by atoms with Gasteiger partial charge in [0.25, 0.3) is 0 Å². The number of methoxy groups -OCH3 is 2. The maximum absolute atomic E-state index is 12.9. The smallest absolute Gasteiger partial charge is 0.249 e. The fourth-order valence-corrected chi connectivity index (χ4v) is 3.08. The first-order chi connectivity index (χ1) is 12.5. The van der Waals surface area contributed by atoms with E-state index in [4.69, 9.17) is 9.47 Å². The van der Waals surface area contributed by atoms with E-state index in [0.29, 0.717) is 36.1 Å². The summed E-state index contributed by atoms with van der Waals surface area (Å²) in [7, 11) is 3.19. The average molecular weight is 356 g/mol. The first-order valence-corrected chi connectivity index (χ1v) is 8.69. The van der Waals surface area contributed by atoms with Crippen molar-refractivity contribution in [3.05, 3.63) is 35.8 Å². The summed E-state index contributed by atoms with van der Waals surface area (Å²) < 4.78 is 10.6. The Balaban J connectivity index is 1.79. The summed E-state index contributed by atoms with van der Waals surface area (Å²) in [5.41, 5.74) is 1.73. The number of rotatable bonds is 6. The second-order valence-electron chi connectivity index (χ2n) is 6.19. The van der Waals surface area contributed by atoms with E-state index in [1.165, 1.54) is 0 Å². The monoisotopic (exact) mass is 356 g/mol. The molecule has 1 N–H and O–H groups in total.